The maximum absolute atomic E-state index is 12.6. The lowest BCUT2D eigenvalue weighted by Gasteiger charge is -2.32. The molecule has 1 saturated heterocycles. The largest absolute Gasteiger partial charge is 0.349 e. The number of hydrogen-bond donors (Lipinski definition) is 1. The molecular formula is C23H22N6O. The Labute approximate surface area is 175 Å². The first-order chi connectivity index (χ1) is 14.7. The summed E-state index contributed by atoms with van der Waals surface area (Å²) in [6.45, 7) is 2.68. The standard InChI is InChI=1S/C23H22N6O/c24-13-17-4-3-5-18(12-17)22-26-14-19(15-27-22)23(30)28-20-7-10-29(11-8-20)16-21-6-1-2-9-25-21/h1-6,9,12,14-15,20H,7-8,10-11,16H2,(H,28,30). The van der Waals surface area contributed by atoms with Crippen molar-refractivity contribution in [2.24, 2.45) is 0 Å². The van der Waals surface area contributed by atoms with Crippen LogP contribution in [-0.2, 0) is 6.54 Å². The first-order valence-electron chi connectivity index (χ1n) is 9.97. The minimum Gasteiger partial charge on any atom is -0.349 e. The smallest absolute Gasteiger partial charge is 0.254 e. The number of likely N-dealkylation sites (tertiary alicyclic amines) is 1. The quantitative estimate of drug-likeness (QED) is 0.710. The summed E-state index contributed by atoms with van der Waals surface area (Å²) in [7, 11) is 0. The first kappa shape index (κ1) is 19.7. The van der Waals surface area contributed by atoms with E-state index in [1.54, 1.807) is 18.2 Å². The topological polar surface area (TPSA) is 94.8 Å². The Morgan fingerprint density at radius 3 is 2.60 bits per heavy atom. The van der Waals surface area contributed by atoms with Crippen molar-refractivity contribution in [1.82, 2.24) is 25.2 Å². The zero-order valence-corrected chi connectivity index (χ0v) is 16.5. The molecule has 0 radical (unpaired) electrons. The summed E-state index contributed by atoms with van der Waals surface area (Å²) in [4.78, 5) is 27.9. The highest BCUT2D eigenvalue weighted by molar-refractivity contribution is 5.93. The molecule has 0 spiro atoms. The van der Waals surface area contributed by atoms with E-state index in [4.69, 9.17) is 5.26 Å². The molecule has 150 valence electrons. The number of pyridine rings is 1. The van der Waals surface area contributed by atoms with E-state index in [1.807, 2.05) is 30.5 Å². The summed E-state index contributed by atoms with van der Waals surface area (Å²) in [6.07, 6.45) is 6.69. The van der Waals surface area contributed by atoms with Crippen molar-refractivity contribution in [1.29, 1.82) is 5.26 Å². The summed E-state index contributed by atoms with van der Waals surface area (Å²) in [5.74, 6) is 0.335. The molecule has 0 atom stereocenters. The van der Waals surface area contributed by atoms with E-state index in [2.05, 4.69) is 31.2 Å². The molecule has 0 unspecified atom stereocenters. The van der Waals surface area contributed by atoms with Crippen LogP contribution < -0.4 is 5.32 Å². The van der Waals surface area contributed by atoms with Gasteiger partial charge in [-0.1, -0.05) is 18.2 Å². The molecule has 2 aromatic heterocycles. The average Bonchev–Trinajstić information content (AvgIpc) is 2.81. The van der Waals surface area contributed by atoms with Gasteiger partial charge in [0.15, 0.2) is 5.82 Å². The van der Waals surface area contributed by atoms with E-state index in [9.17, 15) is 4.79 Å². The minimum absolute atomic E-state index is 0.143. The average molecular weight is 398 g/mol. The number of nitriles is 1. The molecule has 0 aliphatic carbocycles. The van der Waals surface area contributed by atoms with Gasteiger partial charge in [0.05, 0.1) is 22.9 Å². The molecule has 0 bridgehead atoms. The van der Waals surface area contributed by atoms with Gasteiger partial charge in [0.25, 0.3) is 5.91 Å². The third kappa shape index (κ3) is 4.85. The van der Waals surface area contributed by atoms with Crippen molar-refractivity contribution in [2.45, 2.75) is 25.4 Å². The third-order valence-electron chi connectivity index (χ3n) is 5.20. The highest BCUT2D eigenvalue weighted by atomic mass is 16.1. The molecule has 7 nitrogen and oxygen atoms in total. The molecule has 3 heterocycles. The Kier molecular flexibility index (Phi) is 6.06. The molecule has 30 heavy (non-hydrogen) atoms. The third-order valence-corrected chi connectivity index (χ3v) is 5.20. The van der Waals surface area contributed by atoms with E-state index in [-0.39, 0.29) is 11.9 Å². The van der Waals surface area contributed by atoms with Crippen LogP contribution in [0.1, 0.15) is 34.5 Å². The Hall–Kier alpha value is -3.63. The maximum atomic E-state index is 12.6. The number of benzene rings is 1. The van der Waals surface area contributed by atoms with Crippen molar-refractivity contribution in [3.8, 4) is 17.5 Å². The zero-order valence-electron chi connectivity index (χ0n) is 16.5. The lowest BCUT2D eigenvalue weighted by molar-refractivity contribution is 0.0908. The molecule has 4 rings (SSSR count). The first-order valence-corrected chi connectivity index (χ1v) is 9.97. The fourth-order valence-corrected chi connectivity index (χ4v) is 3.55. The molecule has 1 aliphatic heterocycles. The Morgan fingerprint density at radius 1 is 1.10 bits per heavy atom. The van der Waals surface area contributed by atoms with Gasteiger partial charge in [0.2, 0.25) is 0 Å². The minimum atomic E-state index is -0.157. The van der Waals surface area contributed by atoms with Crippen LogP contribution in [0.5, 0.6) is 0 Å². The predicted octanol–water partition coefficient (Wildman–Crippen LogP) is 2.80. The van der Waals surface area contributed by atoms with E-state index in [0.717, 1.165) is 43.7 Å². The highest BCUT2D eigenvalue weighted by Crippen LogP contribution is 2.17. The number of carbonyl (C=O) groups excluding carboxylic acids is 1. The normalized spacial score (nSPS) is 14.8. The van der Waals surface area contributed by atoms with Crippen LogP contribution in [0.2, 0.25) is 0 Å². The number of amides is 1. The van der Waals surface area contributed by atoms with Crippen molar-refractivity contribution in [3.63, 3.8) is 0 Å². The number of aromatic nitrogens is 3. The second-order valence-corrected chi connectivity index (χ2v) is 7.33. The maximum Gasteiger partial charge on any atom is 0.254 e. The van der Waals surface area contributed by atoms with Crippen LogP contribution in [0.25, 0.3) is 11.4 Å². The van der Waals surface area contributed by atoms with E-state index in [1.165, 1.54) is 12.4 Å². The predicted molar refractivity (Wildman–Crippen MR) is 112 cm³/mol. The van der Waals surface area contributed by atoms with Crippen LogP contribution >= 0.6 is 0 Å². The number of nitrogens with zero attached hydrogens (tertiary/aromatic N) is 5. The molecule has 1 amide bonds. The number of rotatable bonds is 5. The second kappa shape index (κ2) is 9.25. The summed E-state index contributed by atoms with van der Waals surface area (Å²) >= 11 is 0. The Bertz CT molecular complexity index is 1040. The molecule has 0 saturated carbocycles. The molecule has 1 fully saturated rings. The van der Waals surface area contributed by atoms with Gasteiger partial charge in [0.1, 0.15) is 0 Å². The van der Waals surface area contributed by atoms with Crippen LogP contribution in [0.15, 0.2) is 61.1 Å². The van der Waals surface area contributed by atoms with Gasteiger partial charge in [-0.05, 0) is 37.1 Å². The number of carbonyl (C=O) groups is 1. The second-order valence-electron chi connectivity index (χ2n) is 7.33. The summed E-state index contributed by atoms with van der Waals surface area (Å²) < 4.78 is 0. The summed E-state index contributed by atoms with van der Waals surface area (Å²) in [6, 6.07) is 15.3. The van der Waals surface area contributed by atoms with Gasteiger partial charge in [-0.25, -0.2) is 9.97 Å². The number of hydrogen-bond acceptors (Lipinski definition) is 6. The van der Waals surface area contributed by atoms with Gasteiger partial charge in [-0.15, -0.1) is 0 Å². The van der Waals surface area contributed by atoms with Gasteiger partial charge in [-0.2, -0.15) is 5.26 Å². The molecular weight excluding hydrogens is 376 g/mol. The molecule has 7 heteroatoms. The highest BCUT2D eigenvalue weighted by Gasteiger charge is 2.21. The Morgan fingerprint density at radius 2 is 1.90 bits per heavy atom. The van der Waals surface area contributed by atoms with Crippen molar-refractivity contribution < 1.29 is 4.79 Å². The molecule has 3 aromatic rings. The van der Waals surface area contributed by atoms with Crippen molar-refractivity contribution in [3.05, 3.63) is 77.9 Å². The molecule has 1 aliphatic rings. The summed E-state index contributed by atoms with van der Waals surface area (Å²) in [5.41, 5.74) is 2.80. The van der Waals surface area contributed by atoms with E-state index < -0.39 is 0 Å². The lowest BCUT2D eigenvalue weighted by atomic mass is 10.0. The number of nitrogens with one attached hydrogen (secondary N) is 1. The molecule has 1 aromatic carbocycles. The SMILES string of the molecule is N#Cc1cccc(-c2ncc(C(=O)NC3CCN(Cc4ccccn4)CC3)cn2)c1. The summed E-state index contributed by atoms with van der Waals surface area (Å²) in [5, 5.41) is 12.1. The van der Waals surface area contributed by atoms with Crippen LogP contribution in [-0.4, -0.2) is 44.9 Å². The van der Waals surface area contributed by atoms with Gasteiger partial charge >= 0.3 is 0 Å². The van der Waals surface area contributed by atoms with Crippen molar-refractivity contribution in [2.75, 3.05) is 13.1 Å². The monoisotopic (exact) mass is 398 g/mol. The van der Waals surface area contributed by atoms with Gasteiger partial charge < -0.3 is 5.32 Å². The van der Waals surface area contributed by atoms with E-state index in [0.29, 0.717) is 17.0 Å². The molecule has 1 N–H and O–H groups in total. The van der Waals surface area contributed by atoms with Gasteiger partial charge in [-0.3, -0.25) is 14.7 Å². The van der Waals surface area contributed by atoms with Crippen molar-refractivity contribution >= 4 is 5.91 Å². The van der Waals surface area contributed by atoms with Gasteiger partial charge in [0, 0.05) is 49.8 Å². The van der Waals surface area contributed by atoms with E-state index >= 15 is 0 Å². The number of piperidine rings is 1. The van der Waals surface area contributed by atoms with Crippen LogP contribution in [0.3, 0.4) is 0 Å². The fourth-order valence-electron chi connectivity index (χ4n) is 3.55. The van der Waals surface area contributed by atoms with Crippen LogP contribution in [0.4, 0.5) is 0 Å². The van der Waals surface area contributed by atoms with Crippen LogP contribution in [0, 0.1) is 11.3 Å². The lowest BCUT2D eigenvalue weighted by Crippen LogP contribution is -2.44. The fraction of sp³-hybridized carbons (Fsp3) is 0.261. The Balaban J connectivity index is 1.30. The zero-order chi connectivity index (χ0) is 20.8.